The Balaban J connectivity index is 1.54. The second-order valence-electron chi connectivity index (χ2n) is 9.56. The zero-order valence-electron chi connectivity index (χ0n) is 20.9. The molecule has 1 heterocycles. The van der Waals surface area contributed by atoms with Crippen LogP contribution in [0.15, 0.2) is 73.3 Å². The molecule has 0 radical (unpaired) electrons. The fourth-order valence-corrected chi connectivity index (χ4v) is 4.11. The lowest BCUT2D eigenvalue weighted by atomic mass is 9.92. The van der Waals surface area contributed by atoms with Crippen molar-refractivity contribution in [2.75, 3.05) is 10.2 Å². The van der Waals surface area contributed by atoms with Crippen LogP contribution in [0.4, 0.5) is 20.6 Å². The Hall–Kier alpha value is -4.13. The summed E-state index contributed by atoms with van der Waals surface area (Å²) in [6.45, 7) is 11.7. The van der Waals surface area contributed by atoms with Gasteiger partial charge in [-0.05, 0) is 80.8 Å². The lowest BCUT2D eigenvalue weighted by molar-refractivity contribution is -0.125. The van der Waals surface area contributed by atoms with Crippen LogP contribution < -0.4 is 20.3 Å². The van der Waals surface area contributed by atoms with E-state index in [0.717, 1.165) is 22.3 Å². The number of hydrogen-bond donors (Lipinski definition) is 2. The van der Waals surface area contributed by atoms with Gasteiger partial charge in [0.05, 0.1) is 17.8 Å². The smallest absolute Gasteiger partial charge is 0.319 e. The van der Waals surface area contributed by atoms with Crippen molar-refractivity contribution in [1.82, 2.24) is 5.32 Å². The fraction of sp³-hybridized carbons (Fsp3) is 0.241. The fourth-order valence-electron chi connectivity index (χ4n) is 4.11. The molecule has 0 aliphatic carbocycles. The molecular weight excluding hydrogens is 457 g/mol. The van der Waals surface area contributed by atoms with E-state index in [1.807, 2.05) is 45.0 Å². The third-order valence-corrected chi connectivity index (χ3v) is 6.18. The molecule has 1 aliphatic heterocycles. The lowest BCUT2D eigenvalue weighted by Gasteiger charge is -2.33. The molecule has 3 aromatic carbocycles. The number of urea groups is 1. The Kier molecular flexibility index (Phi) is 6.84. The molecule has 3 aromatic rings. The van der Waals surface area contributed by atoms with Crippen LogP contribution in [0.1, 0.15) is 44.4 Å². The van der Waals surface area contributed by atoms with Crippen LogP contribution in [-0.2, 0) is 16.9 Å². The highest BCUT2D eigenvalue weighted by Crippen LogP contribution is 2.37. The molecule has 0 aromatic heterocycles. The van der Waals surface area contributed by atoms with Crippen LogP contribution in [0.3, 0.4) is 0 Å². The van der Waals surface area contributed by atoms with Gasteiger partial charge in [0.25, 0.3) is 5.91 Å². The number of benzene rings is 3. The topological polar surface area (TPSA) is 70.7 Å². The molecule has 1 aliphatic rings. The highest BCUT2D eigenvalue weighted by molar-refractivity contribution is 6.01. The first kappa shape index (κ1) is 25.0. The van der Waals surface area contributed by atoms with Gasteiger partial charge in [0, 0.05) is 5.69 Å². The van der Waals surface area contributed by atoms with Crippen LogP contribution in [0.25, 0.3) is 5.57 Å². The number of fused-ring (bicyclic) bond motifs is 1. The predicted molar refractivity (Wildman–Crippen MR) is 140 cm³/mol. The second-order valence-corrected chi connectivity index (χ2v) is 9.56. The number of ether oxygens (including phenoxy) is 1. The van der Waals surface area contributed by atoms with E-state index in [0.29, 0.717) is 17.1 Å². The normalized spacial score (nSPS) is 15.1. The van der Waals surface area contributed by atoms with Gasteiger partial charge in [-0.1, -0.05) is 42.5 Å². The van der Waals surface area contributed by atoms with Crippen LogP contribution >= 0.6 is 0 Å². The zero-order chi connectivity index (χ0) is 26.0. The van der Waals surface area contributed by atoms with Crippen molar-refractivity contribution in [3.8, 4) is 5.75 Å². The lowest BCUT2D eigenvalue weighted by Crippen LogP contribution is -2.44. The molecule has 7 heteroatoms. The first-order valence-electron chi connectivity index (χ1n) is 11.8. The quantitative estimate of drug-likeness (QED) is 0.433. The van der Waals surface area contributed by atoms with E-state index in [1.165, 1.54) is 12.1 Å². The van der Waals surface area contributed by atoms with E-state index in [9.17, 15) is 14.0 Å². The van der Waals surface area contributed by atoms with E-state index in [1.54, 1.807) is 42.2 Å². The van der Waals surface area contributed by atoms with Crippen molar-refractivity contribution in [2.45, 2.75) is 45.9 Å². The minimum absolute atomic E-state index is 0.216. The number of carbonyl (C=O) groups excluding carboxylic acids is 2. The number of allylic oxidation sites excluding steroid dienone is 1. The van der Waals surface area contributed by atoms with Gasteiger partial charge in [0.2, 0.25) is 0 Å². The van der Waals surface area contributed by atoms with Gasteiger partial charge < -0.3 is 20.3 Å². The maximum atomic E-state index is 13.3. The van der Waals surface area contributed by atoms with E-state index >= 15 is 0 Å². The van der Waals surface area contributed by atoms with Gasteiger partial charge in [-0.15, -0.1) is 0 Å². The number of rotatable bonds is 6. The van der Waals surface area contributed by atoms with Crippen molar-refractivity contribution >= 4 is 28.9 Å². The minimum Gasteiger partial charge on any atom is -0.479 e. The number of amides is 3. The molecule has 6 nitrogen and oxygen atoms in total. The van der Waals surface area contributed by atoms with Crippen molar-refractivity contribution in [3.63, 3.8) is 0 Å². The van der Waals surface area contributed by atoms with Crippen molar-refractivity contribution in [2.24, 2.45) is 0 Å². The summed E-state index contributed by atoms with van der Waals surface area (Å²) in [5.41, 5.74) is 4.08. The molecule has 0 bridgehead atoms. The summed E-state index contributed by atoms with van der Waals surface area (Å²) in [4.78, 5) is 27.4. The number of nitrogens with zero attached hydrogens (tertiary/aromatic N) is 1. The van der Waals surface area contributed by atoms with E-state index in [4.69, 9.17) is 4.74 Å². The van der Waals surface area contributed by atoms with Gasteiger partial charge >= 0.3 is 6.03 Å². The second kappa shape index (κ2) is 9.85. The molecule has 0 saturated carbocycles. The first-order valence-corrected chi connectivity index (χ1v) is 11.8. The summed E-state index contributed by atoms with van der Waals surface area (Å²) < 4.78 is 19.1. The molecule has 4 rings (SSSR count). The standard InChI is InChI=1S/C29H30FN3O3/c1-18(2)21-7-6-8-22(15-21)29(4,5)32-28(35)31-24-13-14-26-25(16-24)33(27(34)19(3)36-26)17-20-9-11-23(30)12-10-20/h6-16,19H,1,17H2,2-5H3,(H2,31,32,35). The van der Waals surface area contributed by atoms with E-state index in [-0.39, 0.29) is 24.3 Å². The van der Waals surface area contributed by atoms with Crippen LogP contribution in [0.2, 0.25) is 0 Å². The first-order chi connectivity index (χ1) is 17.0. The van der Waals surface area contributed by atoms with Gasteiger partial charge in [-0.25, -0.2) is 9.18 Å². The number of hydrogen-bond acceptors (Lipinski definition) is 3. The third-order valence-electron chi connectivity index (χ3n) is 6.18. The molecule has 1 atom stereocenters. The molecular formula is C29H30FN3O3. The summed E-state index contributed by atoms with van der Waals surface area (Å²) in [7, 11) is 0. The molecule has 0 spiro atoms. The summed E-state index contributed by atoms with van der Waals surface area (Å²) >= 11 is 0. The van der Waals surface area contributed by atoms with Crippen LogP contribution in [-0.4, -0.2) is 18.0 Å². The van der Waals surface area contributed by atoms with Gasteiger partial charge in [0.15, 0.2) is 6.10 Å². The number of halogens is 1. The maximum absolute atomic E-state index is 13.3. The molecule has 0 fully saturated rings. The minimum atomic E-state index is -0.657. The van der Waals surface area contributed by atoms with Crippen molar-refractivity contribution in [3.05, 3.63) is 95.8 Å². The van der Waals surface area contributed by atoms with Crippen LogP contribution in [0.5, 0.6) is 5.75 Å². The van der Waals surface area contributed by atoms with Gasteiger partial charge in [-0.3, -0.25) is 4.79 Å². The summed E-state index contributed by atoms with van der Waals surface area (Å²) in [6.07, 6.45) is -0.657. The molecule has 186 valence electrons. The number of carbonyl (C=O) groups is 2. The summed E-state index contributed by atoms with van der Waals surface area (Å²) in [5, 5.41) is 5.87. The zero-order valence-corrected chi connectivity index (χ0v) is 20.9. The average Bonchev–Trinajstić information content (AvgIpc) is 2.83. The van der Waals surface area contributed by atoms with Gasteiger partial charge in [-0.2, -0.15) is 0 Å². The predicted octanol–water partition coefficient (Wildman–Crippen LogP) is 6.23. The number of nitrogens with one attached hydrogen (secondary N) is 2. The van der Waals surface area contributed by atoms with Crippen molar-refractivity contribution in [1.29, 1.82) is 0 Å². The Labute approximate surface area is 210 Å². The highest BCUT2D eigenvalue weighted by atomic mass is 19.1. The van der Waals surface area contributed by atoms with E-state index in [2.05, 4.69) is 17.2 Å². The summed E-state index contributed by atoms with van der Waals surface area (Å²) in [5.74, 6) is -0.0216. The molecule has 3 amide bonds. The maximum Gasteiger partial charge on any atom is 0.319 e. The molecule has 0 saturated heterocycles. The number of anilines is 2. The highest BCUT2D eigenvalue weighted by Gasteiger charge is 2.32. The Morgan fingerprint density at radius 3 is 2.53 bits per heavy atom. The largest absolute Gasteiger partial charge is 0.479 e. The summed E-state index contributed by atoms with van der Waals surface area (Å²) in [6, 6.07) is 18.7. The monoisotopic (exact) mass is 487 g/mol. The Bertz CT molecular complexity index is 1320. The Morgan fingerprint density at radius 1 is 1.11 bits per heavy atom. The molecule has 1 unspecified atom stereocenters. The van der Waals surface area contributed by atoms with Crippen LogP contribution in [0, 0.1) is 5.82 Å². The third kappa shape index (κ3) is 5.40. The molecule has 36 heavy (non-hydrogen) atoms. The SMILES string of the molecule is C=C(C)c1cccc(C(C)(C)NC(=O)Nc2ccc3c(c2)N(Cc2ccc(F)cc2)C(=O)C(C)O3)c1. The van der Waals surface area contributed by atoms with Crippen molar-refractivity contribution < 1.29 is 18.7 Å². The average molecular weight is 488 g/mol. The van der Waals surface area contributed by atoms with Gasteiger partial charge in [0.1, 0.15) is 11.6 Å². The Morgan fingerprint density at radius 2 is 1.83 bits per heavy atom. The molecule has 2 N–H and O–H groups in total. The van der Waals surface area contributed by atoms with E-state index < -0.39 is 11.6 Å².